The predicted molar refractivity (Wildman–Crippen MR) is 51.6 cm³/mol. The lowest BCUT2D eigenvalue weighted by Gasteiger charge is -1.98. The number of rotatable bonds is 1. The van der Waals surface area contributed by atoms with E-state index in [9.17, 15) is 15.0 Å². The number of Topliss-reactive ketones (excluding diaryl/α,β-unsaturated/α-hetero) is 1. The van der Waals surface area contributed by atoms with E-state index in [4.69, 9.17) is 0 Å². The number of hydrogen-bond acceptors (Lipinski definition) is 3. The van der Waals surface area contributed by atoms with E-state index in [1.54, 1.807) is 6.20 Å². The highest BCUT2D eigenvalue weighted by atomic mass is 16.3. The van der Waals surface area contributed by atoms with Crippen LogP contribution in [0.1, 0.15) is 17.3 Å². The molecule has 0 spiro atoms. The monoisotopic (exact) mass is 191 g/mol. The Kier molecular flexibility index (Phi) is 1.70. The van der Waals surface area contributed by atoms with Crippen LogP contribution in [0.2, 0.25) is 0 Å². The van der Waals surface area contributed by atoms with Crippen molar-refractivity contribution >= 4 is 16.7 Å². The molecule has 0 saturated carbocycles. The summed E-state index contributed by atoms with van der Waals surface area (Å²) in [5.74, 6) is -0.504. The molecule has 0 aliphatic heterocycles. The Bertz CT molecular complexity index is 513. The van der Waals surface area contributed by atoms with Gasteiger partial charge in [-0.2, -0.15) is 0 Å². The van der Waals surface area contributed by atoms with Gasteiger partial charge in [-0.05, 0) is 13.0 Å². The third-order valence-electron chi connectivity index (χ3n) is 2.16. The number of carbonyl (C=O) groups excluding carboxylic acids is 1. The number of benzene rings is 1. The van der Waals surface area contributed by atoms with E-state index in [0.717, 1.165) is 0 Å². The minimum Gasteiger partial charge on any atom is -0.504 e. The van der Waals surface area contributed by atoms with Crippen LogP contribution in [0.5, 0.6) is 11.5 Å². The van der Waals surface area contributed by atoms with Crippen molar-refractivity contribution in [3.8, 4) is 11.5 Å². The van der Waals surface area contributed by atoms with Crippen LogP contribution in [0.4, 0.5) is 0 Å². The number of aromatic hydroxyl groups is 2. The molecule has 2 rings (SSSR count). The first kappa shape index (κ1) is 8.62. The Hall–Kier alpha value is -1.97. The van der Waals surface area contributed by atoms with Crippen molar-refractivity contribution in [2.45, 2.75) is 6.92 Å². The van der Waals surface area contributed by atoms with Gasteiger partial charge in [0, 0.05) is 23.2 Å². The summed E-state index contributed by atoms with van der Waals surface area (Å²) in [5.41, 5.74) is 1.14. The lowest BCUT2D eigenvalue weighted by molar-refractivity contribution is 0.101. The number of nitrogens with one attached hydrogen (secondary N) is 1. The molecule has 0 fully saturated rings. The molecule has 0 aliphatic carbocycles. The summed E-state index contributed by atoms with van der Waals surface area (Å²) < 4.78 is 0. The van der Waals surface area contributed by atoms with Gasteiger partial charge in [0.1, 0.15) is 0 Å². The molecular formula is C10H9NO3. The third-order valence-corrected chi connectivity index (χ3v) is 2.16. The Morgan fingerprint density at radius 2 is 1.93 bits per heavy atom. The van der Waals surface area contributed by atoms with Crippen LogP contribution in [0.15, 0.2) is 18.3 Å². The van der Waals surface area contributed by atoms with Crippen LogP contribution in [-0.2, 0) is 0 Å². The molecule has 0 saturated heterocycles. The first-order valence-electron chi connectivity index (χ1n) is 4.13. The van der Waals surface area contributed by atoms with Crippen LogP contribution in [-0.4, -0.2) is 21.0 Å². The maximum absolute atomic E-state index is 11.2. The van der Waals surface area contributed by atoms with Gasteiger partial charge in [0.05, 0.1) is 5.52 Å². The average Bonchev–Trinajstić information content (AvgIpc) is 2.48. The maximum Gasteiger partial charge on any atom is 0.161 e. The molecule has 0 radical (unpaired) electrons. The molecule has 0 bridgehead atoms. The molecule has 4 heteroatoms. The highest BCUT2D eigenvalue weighted by Gasteiger charge is 2.10. The third kappa shape index (κ3) is 1.12. The molecule has 2 aromatic rings. The van der Waals surface area contributed by atoms with Crippen LogP contribution >= 0.6 is 0 Å². The van der Waals surface area contributed by atoms with Crippen molar-refractivity contribution in [3.63, 3.8) is 0 Å². The number of carbonyl (C=O) groups is 1. The van der Waals surface area contributed by atoms with Crippen molar-refractivity contribution in [2.24, 2.45) is 0 Å². The molecule has 3 N–H and O–H groups in total. The fraction of sp³-hybridized carbons (Fsp3) is 0.100. The van der Waals surface area contributed by atoms with E-state index in [0.29, 0.717) is 16.5 Å². The standard InChI is InChI=1S/C10H9NO3/c1-5(12)7-4-11-8-3-10(14)9(13)2-6(7)8/h2-4,11,13-14H,1H3. The van der Waals surface area contributed by atoms with Crippen LogP contribution in [0.25, 0.3) is 10.9 Å². The molecule has 0 aliphatic rings. The number of phenolic OH excluding ortho intramolecular Hbond substituents is 2. The van der Waals surface area contributed by atoms with Gasteiger partial charge < -0.3 is 15.2 Å². The minimum absolute atomic E-state index is 0.0821. The average molecular weight is 191 g/mol. The smallest absolute Gasteiger partial charge is 0.161 e. The molecule has 14 heavy (non-hydrogen) atoms. The zero-order valence-electron chi connectivity index (χ0n) is 7.53. The Balaban J connectivity index is 2.80. The van der Waals surface area contributed by atoms with Gasteiger partial charge in [0.2, 0.25) is 0 Å². The lowest BCUT2D eigenvalue weighted by Crippen LogP contribution is -1.88. The van der Waals surface area contributed by atoms with Gasteiger partial charge in [-0.1, -0.05) is 0 Å². The van der Waals surface area contributed by atoms with Gasteiger partial charge in [-0.25, -0.2) is 0 Å². The number of H-pyrrole nitrogens is 1. The maximum atomic E-state index is 11.2. The minimum atomic E-state index is -0.223. The largest absolute Gasteiger partial charge is 0.504 e. The zero-order chi connectivity index (χ0) is 10.3. The summed E-state index contributed by atoms with van der Waals surface area (Å²) in [5, 5.41) is 19.1. The summed E-state index contributed by atoms with van der Waals surface area (Å²) in [6.07, 6.45) is 1.56. The zero-order valence-corrected chi connectivity index (χ0v) is 7.53. The molecule has 4 nitrogen and oxygen atoms in total. The molecule has 0 atom stereocenters. The van der Waals surface area contributed by atoms with E-state index < -0.39 is 0 Å². The SMILES string of the molecule is CC(=O)c1c[nH]c2cc(O)c(O)cc12. The first-order chi connectivity index (χ1) is 6.59. The Morgan fingerprint density at radius 3 is 2.57 bits per heavy atom. The van der Waals surface area contributed by atoms with Crippen LogP contribution < -0.4 is 0 Å². The number of aromatic amines is 1. The van der Waals surface area contributed by atoms with Crippen LogP contribution in [0.3, 0.4) is 0 Å². The highest BCUT2D eigenvalue weighted by Crippen LogP contribution is 2.31. The second kappa shape index (κ2) is 2.77. The van der Waals surface area contributed by atoms with Gasteiger partial charge in [0.25, 0.3) is 0 Å². The second-order valence-corrected chi connectivity index (χ2v) is 3.15. The molecule has 72 valence electrons. The van der Waals surface area contributed by atoms with E-state index in [2.05, 4.69) is 4.98 Å². The number of hydrogen-bond donors (Lipinski definition) is 3. The fourth-order valence-electron chi connectivity index (χ4n) is 1.44. The molecule has 1 aromatic heterocycles. The van der Waals surface area contributed by atoms with Gasteiger partial charge in [-0.3, -0.25) is 4.79 Å². The number of aromatic nitrogens is 1. The van der Waals surface area contributed by atoms with Crippen molar-refractivity contribution in [1.29, 1.82) is 0 Å². The number of phenols is 2. The van der Waals surface area contributed by atoms with Crippen LogP contribution in [0, 0.1) is 0 Å². The second-order valence-electron chi connectivity index (χ2n) is 3.15. The van der Waals surface area contributed by atoms with E-state index >= 15 is 0 Å². The molecule has 0 unspecified atom stereocenters. The summed E-state index contributed by atoms with van der Waals surface area (Å²) in [7, 11) is 0. The summed E-state index contributed by atoms with van der Waals surface area (Å²) in [4.78, 5) is 14.0. The van der Waals surface area contributed by atoms with Crippen molar-refractivity contribution in [3.05, 3.63) is 23.9 Å². The lowest BCUT2D eigenvalue weighted by atomic mass is 10.1. The fourth-order valence-corrected chi connectivity index (χ4v) is 1.44. The molecular weight excluding hydrogens is 182 g/mol. The number of fused-ring (bicyclic) bond motifs is 1. The summed E-state index contributed by atoms with van der Waals surface area (Å²) in [6, 6.07) is 2.76. The normalized spacial score (nSPS) is 10.6. The van der Waals surface area contributed by atoms with Gasteiger partial charge in [0.15, 0.2) is 17.3 Å². The van der Waals surface area contributed by atoms with Gasteiger partial charge in [-0.15, -0.1) is 0 Å². The molecule has 1 aromatic carbocycles. The van der Waals surface area contributed by atoms with Crippen molar-refractivity contribution < 1.29 is 15.0 Å². The number of ketones is 1. The van der Waals surface area contributed by atoms with Crippen molar-refractivity contribution in [1.82, 2.24) is 4.98 Å². The predicted octanol–water partition coefficient (Wildman–Crippen LogP) is 1.78. The topological polar surface area (TPSA) is 73.3 Å². The summed E-state index contributed by atoms with van der Waals surface area (Å²) in [6.45, 7) is 1.45. The Labute approximate surface area is 79.8 Å². The molecule has 0 amide bonds. The van der Waals surface area contributed by atoms with Gasteiger partial charge >= 0.3 is 0 Å². The van der Waals surface area contributed by atoms with E-state index in [1.165, 1.54) is 19.1 Å². The Morgan fingerprint density at radius 1 is 1.29 bits per heavy atom. The quantitative estimate of drug-likeness (QED) is 0.475. The summed E-state index contributed by atoms with van der Waals surface area (Å²) >= 11 is 0. The molecule has 1 heterocycles. The van der Waals surface area contributed by atoms with E-state index in [-0.39, 0.29) is 17.3 Å². The first-order valence-corrected chi connectivity index (χ1v) is 4.13. The van der Waals surface area contributed by atoms with E-state index in [1.807, 2.05) is 0 Å². The van der Waals surface area contributed by atoms with Crippen molar-refractivity contribution in [2.75, 3.05) is 0 Å². The highest BCUT2D eigenvalue weighted by molar-refractivity contribution is 6.07.